The van der Waals surface area contributed by atoms with Gasteiger partial charge in [0.05, 0.1) is 6.61 Å². The molecule has 1 aliphatic rings. The van der Waals surface area contributed by atoms with Crippen LogP contribution in [0.5, 0.6) is 0 Å². The predicted molar refractivity (Wildman–Crippen MR) is 77.9 cm³/mol. The third-order valence-electron chi connectivity index (χ3n) is 4.22. The Morgan fingerprint density at radius 1 is 1.22 bits per heavy atom. The lowest BCUT2D eigenvalue weighted by Crippen LogP contribution is -2.47. The molecule has 1 rings (SSSR count). The number of hydrogen-bond donors (Lipinski definition) is 2. The first-order chi connectivity index (χ1) is 8.62. The molecule has 2 N–H and O–H groups in total. The van der Waals surface area contributed by atoms with E-state index < -0.39 is 0 Å². The molecule has 0 aromatic rings. The molecule has 0 aliphatic heterocycles. The van der Waals surface area contributed by atoms with E-state index in [2.05, 4.69) is 31.0 Å². The van der Waals surface area contributed by atoms with Gasteiger partial charge in [-0.3, -0.25) is 0 Å². The smallest absolute Gasteiger partial charge is 0.0558 e. The van der Waals surface area contributed by atoms with Gasteiger partial charge >= 0.3 is 0 Å². The van der Waals surface area contributed by atoms with Crippen LogP contribution in [0, 0.1) is 5.41 Å². The van der Waals surface area contributed by atoms with Crippen LogP contribution in [0.1, 0.15) is 52.9 Å². The first-order valence-electron chi connectivity index (χ1n) is 7.68. The van der Waals surface area contributed by atoms with Crippen LogP contribution in [0.3, 0.4) is 0 Å². The molecule has 108 valence electrons. The zero-order valence-corrected chi connectivity index (χ0v) is 12.5. The van der Waals surface area contributed by atoms with Crippen LogP contribution >= 0.6 is 0 Å². The van der Waals surface area contributed by atoms with Crippen molar-refractivity contribution in [2.75, 3.05) is 32.8 Å². The number of nitrogens with one attached hydrogen (secondary N) is 1. The topological polar surface area (TPSA) is 35.5 Å². The van der Waals surface area contributed by atoms with Gasteiger partial charge in [-0.05, 0) is 24.8 Å². The van der Waals surface area contributed by atoms with Gasteiger partial charge in [0, 0.05) is 25.7 Å². The van der Waals surface area contributed by atoms with E-state index in [1.165, 1.54) is 32.1 Å². The van der Waals surface area contributed by atoms with E-state index >= 15 is 0 Å². The number of aliphatic hydroxyl groups excluding tert-OH is 1. The molecule has 0 heterocycles. The first-order valence-corrected chi connectivity index (χ1v) is 7.68. The summed E-state index contributed by atoms with van der Waals surface area (Å²) in [6.45, 7) is 11.1. The van der Waals surface area contributed by atoms with Crippen molar-refractivity contribution in [1.29, 1.82) is 0 Å². The van der Waals surface area contributed by atoms with Crippen molar-refractivity contribution in [3.05, 3.63) is 0 Å². The van der Waals surface area contributed by atoms with Gasteiger partial charge in [-0.2, -0.15) is 0 Å². The number of likely N-dealkylation sites (N-methyl/N-ethyl adjacent to an activating group) is 1. The van der Waals surface area contributed by atoms with E-state index in [1.807, 2.05) is 0 Å². The number of nitrogens with zero attached hydrogens (tertiary/aromatic N) is 1. The Labute approximate surface area is 113 Å². The van der Waals surface area contributed by atoms with Gasteiger partial charge in [0.1, 0.15) is 0 Å². The van der Waals surface area contributed by atoms with Crippen LogP contribution in [-0.4, -0.2) is 48.8 Å². The van der Waals surface area contributed by atoms with Crippen molar-refractivity contribution in [1.82, 2.24) is 10.2 Å². The minimum Gasteiger partial charge on any atom is -0.395 e. The molecular formula is C15H32N2O. The summed E-state index contributed by atoms with van der Waals surface area (Å²) in [6, 6.07) is 0.566. The van der Waals surface area contributed by atoms with Gasteiger partial charge < -0.3 is 15.3 Å². The third kappa shape index (κ3) is 5.25. The highest BCUT2D eigenvalue weighted by molar-refractivity contribution is 4.88. The fourth-order valence-corrected chi connectivity index (χ4v) is 3.08. The van der Waals surface area contributed by atoms with E-state index in [-0.39, 0.29) is 6.61 Å². The summed E-state index contributed by atoms with van der Waals surface area (Å²) in [5.74, 6) is 0. The van der Waals surface area contributed by atoms with Crippen LogP contribution in [0.15, 0.2) is 0 Å². The third-order valence-corrected chi connectivity index (χ3v) is 4.22. The summed E-state index contributed by atoms with van der Waals surface area (Å²) in [6.07, 6.45) is 6.83. The standard InChI is InChI=1S/C15H32N2O/c1-4-17(10-11-18)13-15(12-16-14(2)3)8-6-5-7-9-15/h14,16,18H,4-13H2,1-3H3. The largest absolute Gasteiger partial charge is 0.395 e. The van der Waals surface area contributed by atoms with Gasteiger partial charge in [-0.25, -0.2) is 0 Å². The second kappa shape index (κ2) is 8.13. The molecule has 18 heavy (non-hydrogen) atoms. The molecule has 1 fully saturated rings. The van der Waals surface area contributed by atoms with E-state index in [4.69, 9.17) is 5.11 Å². The predicted octanol–water partition coefficient (Wildman–Crippen LogP) is 2.25. The molecule has 0 saturated heterocycles. The average Bonchev–Trinajstić information content (AvgIpc) is 2.37. The summed E-state index contributed by atoms with van der Waals surface area (Å²) in [7, 11) is 0. The molecule has 3 nitrogen and oxygen atoms in total. The second-order valence-corrected chi connectivity index (χ2v) is 6.19. The lowest BCUT2D eigenvalue weighted by Gasteiger charge is -2.41. The normalized spacial score (nSPS) is 19.7. The summed E-state index contributed by atoms with van der Waals surface area (Å²) in [5.41, 5.74) is 0.438. The molecule has 0 aromatic carbocycles. The first kappa shape index (κ1) is 15.9. The summed E-state index contributed by atoms with van der Waals surface area (Å²) in [5, 5.41) is 12.8. The minimum absolute atomic E-state index is 0.279. The monoisotopic (exact) mass is 256 g/mol. The molecule has 3 heteroatoms. The molecular weight excluding hydrogens is 224 g/mol. The van der Waals surface area contributed by atoms with Gasteiger partial charge in [0.25, 0.3) is 0 Å². The van der Waals surface area contributed by atoms with Gasteiger partial charge in [-0.15, -0.1) is 0 Å². The highest BCUT2D eigenvalue weighted by Gasteiger charge is 2.33. The molecule has 1 aliphatic carbocycles. The minimum atomic E-state index is 0.279. The molecule has 1 saturated carbocycles. The molecule has 0 atom stereocenters. The number of aliphatic hydroxyl groups is 1. The highest BCUT2D eigenvalue weighted by atomic mass is 16.3. The second-order valence-electron chi connectivity index (χ2n) is 6.19. The van der Waals surface area contributed by atoms with Crippen LogP contribution in [0.4, 0.5) is 0 Å². The van der Waals surface area contributed by atoms with Crippen molar-refractivity contribution < 1.29 is 5.11 Å². The SMILES string of the molecule is CCN(CCO)CC1(CNC(C)C)CCCCC1. The van der Waals surface area contributed by atoms with Crippen molar-refractivity contribution in [2.45, 2.75) is 58.9 Å². The van der Waals surface area contributed by atoms with E-state index in [0.717, 1.165) is 26.2 Å². The maximum atomic E-state index is 9.14. The van der Waals surface area contributed by atoms with Crippen molar-refractivity contribution in [2.24, 2.45) is 5.41 Å². The van der Waals surface area contributed by atoms with Gasteiger partial charge in [0.15, 0.2) is 0 Å². The number of rotatable bonds is 8. The van der Waals surface area contributed by atoms with Gasteiger partial charge in [0.2, 0.25) is 0 Å². The van der Waals surface area contributed by atoms with E-state index in [1.54, 1.807) is 0 Å². The Hall–Kier alpha value is -0.120. The highest BCUT2D eigenvalue weighted by Crippen LogP contribution is 2.36. The average molecular weight is 256 g/mol. The summed E-state index contributed by atoms with van der Waals surface area (Å²) in [4.78, 5) is 2.41. The Balaban J connectivity index is 2.57. The zero-order chi connectivity index (χ0) is 13.4. The molecule has 0 unspecified atom stereocenters. The zero-order valence-electron chi connectivity index (χ0n) is 12.5. The van der Waals surface area contributed by atoms with Crippen molar-refractivity contribution >= 4 is 0 Å². The molecule has 0 radical (unpaired) electrons. The summed E-state index contributed by atoms with van der Waals surface area (Å²) < 4.78 is 0. The van der Waals surface area contributed by atoms with Crippen molar-refractivity contribution in [3.63, 3.8) is 0 Å². The Bertz CT molecular complexity index is 213. The van der Waals surface area contributed by atoms with Crippen LogP contribution in [-0.2, 0) is 0 Å². The molecule has 0 aromatic heterocycles. The maximum Gasteiger partial charge on any atom is 0.0558 e. The van der Waals surface area contributed by atoms with E-state index in [9.17, 15) is 0 Å². The molecule has 0 amide bonds. The lowest BCUT2D eigenvalue weighted by atomic mass is 9.73. The van der Waals surface area contributed by atoms with Gasteiger partial charge in [-0.1, -0.05) is 40.0 Å². The van der Waals surface area contributed by atoms with Crippen LogP contribution in [0.25, 0.3) is 0 Å². The quantitative estimate of drug-likeness (QED) is 0.699. The fourth-order valence-electron chi connectivity index (χ4n) is 3.08. The lowest BCUT2D eigenvalue weighted by molar-refractivity contribution is 0.0904. The Morgan fingerprint density at radius 2 is 1.89 bits per heavy atom. The molecule has 0 spiro atoms. The Morgan fingerprint density at radius 3 is 2.39 bits per heavy atom. The van der Waals surface area contributed by atoms with Crippen molar-refractivity contribution in [3.8, 4) is 0 Å². The number of hydrogen-bond acceptors (Lipinski definition) is 3. The van der Waals surface area contributed by atoms with Crippen LogP contribution in [0.2, 0.25) is 0 Å². The maximum absolute atomic E-state index is 9.14. The summed E-state index contributed by atoms with van der Waals surface area (Å²) >= 11 is 0. The Kier molecular flexibility index (Phi) is 7.20. The van der Waals surface area contributed by atoms with E-state index in [0.29, 0.717) is 11.5 Å². The van der Waals surface area contributed by atoms with Crippen LogP contribution < -0.4 is 5.32 Å². The fraction of sp³-hybridized carbons (Fsp3) is 1.00. The molecule has 0 bridgehead atoms.